The Morgan fingerprint density at radius 2 is 1.65 bits per heavy atom. The summed E-state index contributed by atoms with van der Waals surface area (Å²) in [4.78, 5) is 3.74. The number of hydrogen-bond acceptors (Lipinski definition) is 6. The molecule has 1 aromatic heterocycles. The summed E-state index contributed by atoms with van der Waals surface area (Å²) >= 11 is 0. The highest BCUT2D eigenvalue weighted by Crippen LogP contribution is 2.32. The van der Waals surface area contributed by atoms with Crippen molar-refractivity contribution < 1.29 is 18.1 Å². The molecule has 8 heteroatoms. The first-order chi connectivity index (χ1) is 11.0. The van der Waals surface area contributed by atoms with Crippen LogP contribution in [0, 0.1) is 0 Å². The van der Waals surface area contributed by atoms with E-state index in [9.17, 15) is 18.1 Å². The van der Waals surface area contributed by atoms with E-state index in [1.807, 2.05) is 0 Å². The average Bonchev–Trinajstić information content (AvgIpc) is 2.54. The number of aromatic hydroxyl groups is 1. The van der Waals surface area contributed by atoms with Gasteiger partial charge in [0, 0.05) is 11.6 Å². The number of phenols is 1. The van der Waals surface area contributed by atoms with Gasteiger partial charge in [-0.3, -0.25) is 9.54 Å². The number of hydrogen-bond donors (Lipinski definition) is 2. The van der Waals surface area contributed by atoms with Crippen LogP contribution in [0.4, 0.5) is 11.4 Å². The number of phenolic OH excluding ortho intramolecular Hbond substituents is 1. The monoisotopic (exact) mass is 329 g/mol. The van der Waals surface area contributed by atoms with Crippen LogP contribution in [0.3, 0.4) is 0 Å². The summed E-state index contributed by atoms with van der Waals surface area (Å²) in [6, 6.07) is 12.1. The lowest BCUT2D eigenvalue weighted by atomic mass is 10.2. The van der Waals surface area contributed by atoms with E-state index in [1.165, 1.54) is 30.5 Å². The fourth-order valence-electron chi connectivity index (χ4n) is 2.10. The van der Waals surface area contributed by atoms with E-state index in [-0.39, 0.29) is 16.3 Å². The molecule has 2 aromatic carbocycles. The Labute approximate surface area is 131 Å². The smallest absolute Gasteiger partial charge is 0.296 e. The van der Waals surface area contributed by atoms with Crippen molar-refractivity contribution >= 4 is 32.4 Å². The van der Waals surface area contributed by atoms with E-state index in [4.69, 9.17) is 0 Å². The van der Waals surface area contributed by atoms with E-state index >= 15 is 0 Å². The van der Waals surface area contributed by atoms with E-state index < -0.39 is 10.1 Å². The maximum atomic E-state index is 11.3. The Morgan fingerprint density at radius 3 is 2.43 bits per heavy atom. The molecular formula is C15H11N3O4S. The van der Waals surface area contributed by atoms with Gasteiger partial charge in [-0.25, -0.2) is 0 Å². The van der Waals surface area contributed by atoms with Gasteiger partial charge in [0.25, 0.3) is 10.1 Å². The van der Waals surface area contributed by atoms with E-state index in [0.717, 1.165) is 0 Å². The molecular weight excluding hydrogens is 318 g/mol. The highest BCUT2D eigenvalue weighted by molar-refractivity contribution is 7.86. The van der Waals surface area contributed by atoms with Crippen molar-refractivity contribution in [1.29, 1.82) is 0 Å². The number of pyridine rings is 1. The maximum Gasteiger partial charge on any atom is 0.296 e. The molecule has 0 saturated heterocycles. The van der Waals surface area contributed by atoms with Gasteiger partial charge in [-0.1, -0.05) is 12.1 Å². The molecule has 0 saturated carbocycles. The number of nitrogens with zero attached hydrogens (tertiary/aromatic N) is 3. The van der Waals surface area contributed by atoms with Gasteiger partial charge in [0.05, 0.1) is 5.69 Å². The van der Waals surface area contributed by atoms with Crippen LogP contribution < -0.4 is 0 Å². The van der Waals surface area contributed by atoms with Gasteiger partial charge in [0.2, 0.25) is 0 Å². The summed E-state index contributed by atoms with van der Waals surface area (Å²) in [5.41, 5.74) is 0.795. The Hall–Kier alpha value is -2.84. The molecule has 0 bridgehead atoms. The lowest BCUT2D eigenvalue weighted by Gasteiger charge is -2.03. The molecule has 0 aliphatic carbocycles. The molecule has 3 aromatic rings. The molecule has 0 unspecified atom stereocenters. The van der Waals surface area contributed by atoms with E-state index in [1.54, 1.807) is 24.3 Å². The Morgan fingerprint density at radius 1 is 0.913 bits per heavy atom. The molecule has 1 heterocycles. The fraction of sp³-hybridized carbons (Fsp3) is 0. The molecule has 0 amide bonds. The maximum absolute atomic E-state index is 11.3. The quantitative estimate of drug-likeness (QED) is 0.563. The Bertz CT molecular complexity index is 1020. The van der Waals surface area contributed by atoms with Gasteiger partial charge in [0.15, 0.2) is 0 Å². The molecule has 0 atom stereocenters. The second-order valence-corrected chi connectivity index (χ2v) is 6.04. The number of benzene rings is 2. The first-order valence-electron chi connectivity index (χ1n) is 6.52. The van der Waals surface area contributed by atoms with Gasteiger partial charge in [-0.05, 0) is 36.4 Å². The standard InChI is InChI=1S/C15H11N3O4S/c19-13-8-7-11(10-4-3-9-16-15(10)13)17-18-12-5-1-2-6-14(12)23(20,21)22/h1-9,19H,(H,20,21,22). The van der Waals surface area contributed by atoms with Crippen molar-refractivity contribution in [3.63, 3.8) is 0 Å². The molecule has 0 radical (unpaired) electrons. The highest BCUT2D eigenvalue weighted by Gasteiger charge is 2.14. The van der Waals surface area contributed by atoms with Crippen molar-refractivity contribution in [1.82, 2.24) is 4.98 Å². The second kappa shape index (κ2) is 5.75. The van der Waals surface area contributed by atoms with Crippen molar-refractivity contribution in [2.75, 3.05) is 0 Å². The third kappa shape index (κ3) is 3.03. The zero-order valence-electron chi connectivity index (χ0n) is 11.7. The van der Waals surface area contributed by atoms with Crippen LogP contribution in [-0.4, -0.2) is 23.1 Å². The lowest BCUT2D eigenvalue weighted by molar-refractivity contribution is 0.480. The van der Waals surface area contributed by atoms with Crippen LogP contribution in [0.5, 0.6) is 5.75 Å². The number of aromatic nitrogens is 1. The Kier molecular flexibility index (Phi) is 3.77. The molecule has 116 valence electrons. The fourth-order valence-corrected chi connectivity index (χ4v) is 2.72. The topological polar surface area (TPSA) is 112 Å². The molecule has 23 heavy (non-hydrogen) atoms. The molecule has 3 rings (SSSR count). The normalized spacial score (nSPS) is 12.0. The summed E-state index contributed by atoms with van der Waals surface area (Å²) < 4.78 is 31.9. The summed E-state index contributed by atoms with van der Waals surface area (Å²) in [5.74, 6) is 0.0119. The lowest BCUT2D eigenvalue weighted by Crippen LogP contribution is -1.97. The third-order valence-electron chi connectivity index (χ3n) is 3.13. The van der Waals surface area contributed by atoms with Gasteiger partial charge in [-0.15, -0.1) is 10.2 Å². The number of rotatable bonds is 3. The molecule has 0 fully saturated rings. The van der Waals surface area contributed by atoms with E-state index in [0.29, 0.717) is 16.6 Å². The van der Waals surface area contributed by atoms with Crippen LogP contribution in [-0.2, 0) is 10.1 Å². The van der Waals surface area contributed by atoms with Crippen LogP contribution in [0.2, 0.25) is 0 Å². The van der Waals surface area contributed by atoms with Gasteiger partial charge < -0.3 is 5.11 Å². The van der Waals surface area contributed by atoms with Crippen LogP contribution >= 0.6 is 0 Å². The predicted molar refractivity (Wildman–Crippen MR) is 83.8 cm³/mol. The second-order valence-electron chi connectivity index (χ2n) is 4.65. The minimum absolute atomic E-state index is 0.0119. The summed E-state index contributed by atoms with van der Waals surface area (Å²) in [7, 11) is -4.39. The highest BCUT2D eigenvalue weighted by atomic mass is 32.2. The largest absolute Gasteiger partial charge is 0.506 e. The minimum atomic E-state index is -4.39. The zero-order valence-corrected chi connectivity index (χ0v) is 12.5. The predicted octanol–water partition coefficient (Wildman–Crippen LogP) is 3.60. The summed E-state index contributed by atoms with van der Waals surface area (Å²) in [5, 5.41) is 18.3. The first-order valence-corrected chi connectivity index (χ1v) is 7.96. The third-order valence-corrected chi connectivity index (χ3v) is 4.04. The van der Waals surface area contributed by atoms with E-state index in [2.05, 4.69) is 15.2 Å². The Balaban J connectivity index is 2.11. The average molecular weight is 329 g/mol. The van der Waals surface area contributed by atoms with Crippen molar-refractivity contribution in [3.8, 4) is 5.75 Å². The number of azo groups is 1. The van der Waals surface area contributed by atoms with Crippen molar-refractivity contribution in [2.45, 2.75) is 4.90 Å². The minimum Gasteiger partial charge on any atom is -0.506 e. The van der Waals surface area contributed by atoms with Crippen molar-refractivity contribution in [3.05, 3.63) is 54.7 Å². The van der Waals surface area contributed by atoms with Crippen LogP contribution in [0.25, 0.3) is 10.9 Å². The van der Waals surface area contributed by atoms with Gasteiger partial charge in [-0.2, -0.15) is 8.42 Å². The molecule has 0 aliphatic rings. The number of fused-ring (bicyclic) bond motifs is 1. The first kappa shape index (κ1) is 15.1. The zero-order chi connectivity index (χ0) is 16.4. The van der Waals surface area contributed by atoms with Gasteiger partial charge in [0.1, 0.15) is 21.8 Å². The van der Waals surface area contributed by atoms with Gasteiger partial charge >= 0.3 is 0 Å². The molecule has 0 aliphatic heterocycles. The molecule has 0 spiro atoms. The van der Waals surface area contributed by atoms with Crippen LogP contribution in [0.1, 0.15) is 0 Å². The molecule has 2 N–H and O–H groups in total. The van der Waals surface area contributed by atoms with Crippen LogP contribution in [0.15, 0.2) is 69.9 Å². The SMILES string of the molecule is O=S(=O)(O)c1ccccc1N=Nc1ccc(O)c2ncccc12. The molecule has 7 nitrogen and oxygen atoms in total. The summed E-state index contributed by atoms with van der Waals surface area (Å²) in [6.07, 6.45) is 1.54. The summed E-state index contributed by atoms with van der Waals surface area (Å²) in [6.45, 7) is 0. The van der Waals surface area contributed by atoms with Crippen molar-refractivity contribution in [2.24, 2.45) is 10.2 Å².